The Morgan fingerprint density at radius 3 is 3.04 bits per heavy atom. The molecule has 1 aromatic carbocycles. The van der Waals surface area contributed by atoms with E-state index in [1.807, 2.05) is 12.1 Å². The first-order valence-electron chi connectivity index (χ1n) is 7.71. The van der Waals surface area contributed by atoms with Gasteiger partial charge in [-0.2, -0.15) is 4.98 Å². The number of rotatable bonds is 5. The van der Waals surface area contributed by atoms with Gasteiger partial charge in [0.15, 0.2) is 5.82 Å². The van der Waals surface area contributed by atoms with E-state index >= 15 is 0 Å². The van der Waals surface area contributed by atoms with Crippen molar-refractivity contribution in [3.63, 3.8) is 0 Å². The molecule has 1 fully saturated rings. The summed E-state index contributed by atoms with van der Waals surface area (Å²) < 4.78 is 5.14. The lowest BCUT2D eigenvalue weighted by molar-refractivity contribution is -0.123. The summed E-state index contributed by atoms with van der Waals surface area (Å²) >= 11 is 6.03. The number of hydrogen-bond acceptors (Lipinski definition) is 5. The third-order valence-corrected chi connectivity index (χ3v) is 4.21. The summed E-state index contributed by atoms with van der Waals surface area (Å²) in [6.07, 6.45) is 1.32. The van der Waals surface area contributed by atoms with E-state index in [4.69, 9.17) is 16.1 Å². The fourth-order valence-electron chi connectivity index (χ4n) is 2.56. The van der Waals surface area contributed by atoms with Crippen LogP contribution in [0.15, 0.2) is 28.8 Å². The van der Waals surface area contributed by atoms with Crippen LogP contribution in [0.3, 0.4) is 0 Å². The minimum atomic E-state index is -0.181. The summed E-state index contributed by atoms with van der Waals surface area (Å²) in [4.78, 5) is 27.6. The predicted octanol–water partition coefficient (Wildman–Crippen LogP) is 1.58. The molecule has 7 nitrogen and oxygen atoms in total. The van der Waals surface area contributed by atoms with Crippen LogP contribution in [0.25, 0.3) is 0 Å². The first kappa shape index (κ1) is 16.4. The molecule has 0 radical (unpaired) electrons. The van der Waals surface area contributed by atoms with Gasteiger partial charge < -0.3 is 15.2 Å². The predicted molar refractivity (Wildman–Crippen MR) is 86.3 cm³/mol. The van der Waals surface area contributed by atoms with E-state index in [0.717, 1.165) is 12.0 Å². The molecule has 1 aliphatic rings. The average Bonchev–Trinajstić information content (AvgIpc) is 3.04. The molecule has 0 aliphatic carbocycles. The molecule has 2 aromatic rings. The van der Waals surface area contributed by atoms with Gasteiger partial charge in [-0.1, -0.05) is 35.0 Å². The minimum absolute atomic E-state index is 0.00866. The molecular weight excluding hydrogens is 332 g/mol. The maximum absolute atomic E-state index is 12.0. The zero-order valence-electron chi connectivity index (χ0n) is 12.9. The van der Waals surface area contributed by atoms with Gasteiger partial charge >= 0.3 is 0 Å². The highest BCUT2D eigenvalue weighted by Gasteiger charge is 2.25. The molecule has 1 unspecified atom stereocenters. The Morgan fingerprint density at radius 2 is 2.25 bits per heavy atom. The van der Waals surface area contributed by atoms with E-state index in [1.165, 1.54) is 0 Å². The molecule has 2 amide bonds. The number of piperidine rings is 1. The molecule has 126 valence electrons. The Bertz CT molecular complexity index is 746. The zero-order chi connectivity index (χ0) is 16.9. The van der Waals surface area contributed by atoms with Crippen molar-refractivity contribution in [2.75, 3.05) is 6.54 Å². The average molecular weight is 349 g/mol. The number of carbonyl (C=O) groups is 2. The molecule has 1 aromatic heterocycles. The number of aromatic nitrogens is 2. The van der Waals surface area contributed by atoms with Crippen LogP contribution < -0.4 is 10.6 Å². The second-order valence-corrected chi connectivity index (χ2v) is 6.04. The van der Waals surface area contributed by atoms with Gasteiger partial charge in [-0.15, -0.1) is 0 Å². The largest absolute Gasteiger partial charge is 0.356 e. The topological polar surface area (TPSA) is 97.1 Å². The Hall–Kier alpha value is -2.41. The molecule has 24 heavy (non-hydrogen) atoms. The van der Waals surface area contributed by atoms with Crippen LogP contribution in [0.2, 0.25) is 5.02 Å². The number of benzene rings is 1. The van der Waals surface area contributed by atoms with E-state index in [0.29, 0.717) is 29.7 Å². The molecule has 0 bridgehead atoms. The molecule has 1 atom stereocenters. The lowest BCUT2D eigenvalue weighted by Crippen LogP contribution is -2.33. The molecule has 0 saturated carbocycles. The zero-order valence-corrected chi connectivity index (χ0v) is 13.7. The van der Waals surface area contributed by atoms with Crippen molar-refractivity contribution < 1.29 is 14.1 Å². The Kier molecular flexibility index (Phi) is 5.10. The van der Waals surface area contributed by atoms with Crippen LogP contribution in [0.4, 0.5) is 0 Å². The quantitative estimate of drug-likeness (QED) is 0.855. The van der Waals surface area contributed by atoms with Crippen LogP contribution in [0, 0.1) is 0 Å². The molecular formula is C16H17ClN4O3. The van der Waals surface area contributed by atoms with Crippen molar-refractivity contribution >= 4 is 23.4 Å². The first-order chi connectivity index (χ1) is 11.6. The van der Waals surface area contributed by atoms with Crippen LogP contribution in [0.1, 0.15) is 36.0 Å². The van der Waals surface area contributed by atoms with Crippen molar-refractivity contribution in [1.29, 1.82) is 0 Å². The van der Waals surface area contributed by atoms with Crippen LogP contribution >= 0.6 is 11.6 Å². The summed E-state index contributed by atoms with van der Waals surface area (Å²) in [6, 6.07) is 7.20. The third kappa shape index (κ3) is 4.11. The van der Waals surface area contributed by atoms with Gasteiger partial charge in [0, 0.05) is 23.9 Å². The van der Waals surface area contributed by atoms with Crippen molar-refractivity contribution in [3.05, 3.63) is 46.6 Å². The van der Waals surface area contributed by atoms with E-state index in [1.54, 1.807) is 12.1 Å². The van der Waals surface area contributed by atoms with E-state index in [-0.39, 0.29) is 30.7 Å². The second-order valence-electron chi connectivity index (χ2n) is 5.63. The summed E-state index contributed by atoms with van der Waals surface area (Å²) in [5, 5.41) is 9.96. The standard InChI is InChI=1S/C16H17ClN4O3/c17-12-4-2-1-3-10(12)7-14(23)19-9-15-20-16(21-24-15)11-5-6-18-13(22)8-11/h1-4,11H,5-9H2,(H,18,22)(H,19,23). The molecule has 1 saturated heterocycles. The molecule has 2 heterocycles. The number of amides is 2. The molecule has 8 heteroatoms. The highest BCUT2D eigenvalue weighted by atomic mass is 35.5. The fraction of sp³-hybridized carbons (Fsp3) is 0.375. The van der Waals surface area contributed by atoms with E-state index in [2.05, 4.69) is 20.8 Å². The lowest BCUT2D eigenvalue weighted by Gasteiger charge is -2.18. The maximum Gasteiger partial charge on any atom is 0.246 e. The minimum Gasteiger partial charge on any atom is -0.356 e. The highest BCUT2D eigenvalue weighted by molar-refractivity contribution is 6.31. The summed E-state index contributed by atoms with van der Waals surface area (Å²) in [5.41, 5.74) is 0.760. The maximum atomic E-state index is 12.0. The fourth-order valence-corrected chi connectivity index (χ4v) is 2.76. The number of carbonyl (C=O) groups excluding carboxylic acids is 2. The van der Waals surface area contributed by atoms with Gasteiger partial charge in [-0.3, -0.25) is 9.59 Å². The molecule has 1 aliphatic heterocycles. The van der Waals surface area contributed by atoms with Crippen LogP contribution in [0.5, 0.6) is 0 Å². The highest BCUT2D eigenvalue weighted by Crippen LogP contribution is 2.23. The van der Waals surface area contributed by atoms with Gasteiger partial charge in [0.2, 0.25) is 17.7 Å². The number of hydrogen-bond donors (Lipinski definition) is 2. The Labute approximate surface area is 143 Å². The monoisotopic (exact) mass is 348 g/mol. The number of halogens is 1. The molecule has 0 spiro atoms. The number of nitrogens with zero attached hydrogens (tertiary/aromatic N) is 2. The normalized spacial score (nSPS) is 17.4. The van der Waals surface area contributed by atoms with Crippen LogP contribution in [-0.2, 0) is 22.6 Å². The Balaban J connectivity index is 1.53. The van der Waals surface area contributed by atoms with E-state index < -0.39 is 0 Å². The third-order valence-electron chi connectivity index (χ3n) is 3.84. The summed E-state index contributed by atoms with van der Waals surface area (Å²) in [6.45, 7) is 0.761. The van der Waals surface area contributed by atoms with Crippen molar-refractivity contribution in [2.45, 2.75) is 31.7 Å². The van der Waals surface area contributed by atoms with Gasteiger partial charge in [0.25, 0.3) is 0 Å². The summed E-state index contributed by atoms with van der Waals surface area (Å²) in [7, 11) is 0. The SMILES string of the molecule is O=C(Cc1ccccc1Cl)NCc1nc(C2CCNC(=O)C2)no1. The van der Waals surface area contributed by atoms with Crippen molar-refractivity contribution in [1.82, 2.24) is 20.8 Å². The summed E-state index contributed by atoms with van der Waals surface area (Å²) in [5.74, 6) is 0.615. The smallest absolute Gasteiger partial charge is 0.246 e. The van der Waals surface area contributed by atoms with Gasteiger partial charge in [-0.05, 0) is 18.1 Å². The van der Waals surface area contributed by atoms with Gasteiger partial charge in [-0.25, -0.2) is 0 Å². The van der Waals surface area contributed by atoms with Gasteiger partial charge in [0.1, 0.15) is 0 Å². The Morgan fingerprint density at radius 1 is 1.42 bits per heavy atom. The first-order valence-corrected chi connectivity index (χ1v) is 8.09. The number of nitrogens with one attached hydrogen (secondary N) is 2. The van der Waals surface area contributed by atoms with E-state index in [9.17, 15) is 9.59 Å². The van der Waals surface area contributed by atoms with Crippen molar-refractivity contribution in [3.8, 4) is 0 Å². The molecule has 3 rings (SSSR count). The lowest BCUT2D eigenvalue weighted by atomic mass is 9.97. The molecule has 2 N–H and O–H groups in total. The van der Waals surface area contributed by atoms with Crippen molar-refractivity contribution in [2.24, 2.45) is 0 Å². The second kappa shape index (κ2) is 7.44. The van der Waals surface area contributed by atoms with Gasteiger partial charge in [0.05, 0.1) is 13.0 Å². The van der Waals surface area contributed by atoms with Crippen LogP contribution in [-0.4, -0.2) is 28.5 Å².